The zero-order valence-corrected chi connectivity index (χ0v) is 14.4. The molecule has 1 aliphatic rings. The number of aromatic nitrogens is 1. The first-order valence-electron chi connectivity index (χ1n) is 8.62. The number of carbonyl (C=O) groups excluding carboxylic acids is 1. The summed E-state index contributed by atoms with van der Waals surface area (Å²) in [6, 6.07) is 6.50. The third-order valence-electron chi connectivity index (χ3n) is 5.21. The molecule has 0 bridgehead atoms. The number of hydrogen-bond donors (Lipinski definition) is 2. The fourth-order valence-corrected chi connectivity index (χ4v) is 3.87. The number of quaternary nitrogens is 1. The quantitative estimate of drug-likeness (QED) is 0.833. The molecule has 1 unspecified atom stereocenters. The van der Waals surface area contributed by atoms with Gasteiger partial charge in [0.1, 0.15) is 12.3 Å². The minimum Gasteiger partial charge on any atom is -0.497 e. The van der Waals surface area contributed by atoms with Crippen molar-refractivity contribution >= 4 is 16.7 Å². The summed E-state index contributed by atoms with van der Waals surface area (Å²) in [5.41, 5.74) is 2.78. The normalized spacial score (nSPS) is 17.3. The minimum atomic E-state index is 0.227. The first-order valence-corrected chi connectivity index (χ1v) is 8.62. The molecule has 4 nitrogen and oxygen atoms in total. The number of carbonyl (C=O) groups is 1. The van der Waals surface area contributed by atoms with Crippen LogP contribution in [0.15, 0.2) is 18.2 Å². The predicted molar refractivity (Wildman–Crippen MR) is 92.5 cm³/mol. The third kappa shape index (κ3) is 3.27. The van der Waals surface area contributed by atoms with E-state index < -0.39 is 0 Å². The van der Waals surface area contributed by atoms with Crippen LogP contribution in [-0.2, 0) is 0 Å². The molecule has 3 rings (SSSR count). The van der Waals surface area contributed by atoms with Crippen molar-refractivity contribution in [1.82, 2.24) is 4.98 Å². The highest BCUT2D eigenvalue weighted by Gasteiger charge is 2.26. The van der Waals surface area contributed by atoms with Crippen molar-refractivity contribution in [2.75, 3.05) is 20.7 Å². The highest BCUT2D eigenvalue weighted by atomic mass is 16.5. The fourth-order valence-electron chi connectivity index (χ4n) is 3.87. The monoisotopic (exact) mass is 315 g/mol. The zero-order valence-electron chi connectivity index (χ0n) is 14.4. The van der Waals surface area contributed by atoms with Crippen molar-refractivity contribution < 1.29 is 14.4 Å². The summed E-state index contributed by atoms with van der Waals surface area (Å²) in [6.45, 7) is 2.55. The van der Waals surface area contributed by atoms with Gasteiger partial charge in [-0.15, -0.1) is 0 Å². The molecule has 1 saturated carbocycles. The smallest absolute Gasteiger partial charge is 0.219 e. The number of rotatable bonds is 5. The number of Topliss-reactive ketones (excluding diaryl/α,β-unsaturated/α-hetero) is 1. The topological polar surface area (TPSA) is 46.5 Å². The minimum absolute atomic E-state index is 0.227. The van der Waals surface area contributed by atoms with E-state index in [1.165, 1.54) is 37.0 Å². The summed E-state index contributed by atoms with van der Waals surface area (Å²) in [7, 11) is 3.82. The fraction of sp³-hybridized carbons (Fsp3) is 0.526. The summed E-state index contributed by atoms with van der Waals surface area (Å²) < 4.78 is 5.31. The maximum atomic E-state index is 12.9. The molecule has 0 saturated heterocycles. The average molecular weight is 315 g/mol. The third-order valence-corrected chi connectivity index (χ3v) is 5.21. The van der Waals surface area contributed by atoms with Gasteiger partial charge in [0, 0.05) is 16.6 Å². The van der Waals surface area contributed by atoms with E-state index in [1.54, 1.807) is 7.11 Å². The summed E-state index contributed by atoms with van der Waals surface area (Å²) in [5.74, 6) is 1.02. The van der Waals surface area contributed by atoms with Crippen LogP contribution in [0.25, 0.3) is 10.9 Å². The highest BCUT2D eigenvalue weighted by Crippen LogP contribution is 2.26. The Morgan fingerprint density at radius 1 is 1.30 bits per heavy atom. The molecular weight excluding hydrogens is 288 g/mol. The Balaban J connectivity index is 1.83. The van der Waals surface area contributed by atoms with E-state index in [4.69, 9.17) is 4.74 Å². The lowest BCUT2D eigenvalue weighted by Gasteiger charge is -2.27. The van der Waals surface area contributed by atoms with Gasteiger partial charge in [-0.2, -0.15) is 0 Å². The Morgan fingerprint density at radius 2 is 2.04 bits per heavy atom. The molecule has 23 heavy (non-hydrogen) atoms. The van der Waals surface area contributed by atoms with Crippen LogP contribution in [0.2, 0.25) is 0 Å². The average Bonchev–Trinajstić information content (AvgIpc) is 2.90. The van der Waals surface area contributed by atoms with E-state index in [9.17, 15) is 4.79 Å². The van der Waals surface area contributed by atoms with Crippen molar-refractivity contribution in [1.29, 1.82) is 0 Å². The molecule has 1 heterocycles. The molecule has 1 atom stereocenters. The molecule has 0 aliphatic heterocycles. The summed E-state index contributed by atoms with van der Waals surface area (Å²) in [4.78, 5) is 17.6. The number of benzene rings is 1. The Hall–Kier alpha value is -1.81. The van der Waals surface area contributed by atoms with Crippen molar-refractivity contribution in [2.24, 2.45) is 0 Å². The standard InChI is InChI=1S/C19H26N2O2/c1-13-19(16-11-15(23-3)9-10-17(16)20-13)18(22)12-21(2)14-7-5-4-6-8-14/h9-11,14,20H,4-8,12H2,1-3H3/p+1. The van der Waals surface area contributed by atoms with Crippen molar-refractivity contribution in [3.8, 4) is 5.75 Å². The maximum Gasteiger partial charge on any atom is 0.219 e. The van der Waals surface area contributed by atoms with Gasteiger partial charge < -0.3 is 14.6 Å². The van der Waals surface area contributed by atoms with Crippen molar-refractivity contribution in [2.45, 2.75) is 45.1 Å². The first-order chi connectivity index (χ1) is 11.1. The number of nitrogens with one attached hydrogen (secondary N) is 2. The van der Waals surface area contributed by atoms with Gasteiger partial charge in [-0.3, -0.25) is 4.79 Å². The van der Waals surface area contributed by atoms with E-state index >= 15 is 0 Å². The molecule has 4 heteroatoms. The summed E-state index contributed by atoms with van der Waals surface area (Å²) >= 11 is 0. The first kappa shape index (κ1) is 16.1. The van der Waals surface area contributed by atoms with Gasteiger partial charge in [0.25, 0.3) is 0 Å². The van der Waals surface area contributed by atoms with E-state index in [0.29, 0.717) is 12.6 Å². The van der Waals surface area contributed by atoms with Crippen molar-refractivity contribution in [3.63, 3.8) is 0 Å². The number of methoxy groups -OCH3 is 1. The van der Waals surface area contributed by atoms with Crippen LogP contribution in [0, 0.1) is 6.92 Å². The van der Waals surface area contributed by atoms with E-state index in [-0.39, 0.29) is 5.78 Å². The molecule has 2 aromatic rings. The lowest BCUT2D eigenvalue weighted by atomic mass is 9.94. The van der Waals surface area contributed by atoms with Crippen LogP contribution >= 0.6 is 0 Å². The summed E-state index contributed by atoms with van der Waals surface area (Å²) in [5, 5.41) is 0.975. The highest BCUT2D eigenvalue weighted by molar-refractivity contribution is 6.10. The molecule has 1 fully saturated rings. The van der Waals surface area contributed by atoms with Gasteiger partial charge in [-0.05, 0) is 50.8 Å². The van der Waals surface area contributed by atoms with Gasteiger partial charge in [0.05, 0.1) is 25.8 Å². The van der Waals surface area contributed by atoms with Gasteiger partial charge in [-0.1, -0.05) is 6.42 Å². The number of hydrogen-bond acceptors (Lipinski definition) is 2. The van der Waals surface area contributed by atoms with Crippen LogP contribution in [0.1, 0.15) is 48.2 Å². The molecule has 1 aromatic carbocycles. The number of aryl methyl sites for hydroxylation is 1. The molecule has 1 aromatic heterocycles. The second kappa shape index (κ2) is 6.75. The predicted octanol–water partition coefficient (Wildman–Crippen LogP) is 2.52. The van der Waals surface area contributed by atoms with Crippen molar-refractivity contribution in [3.05, 3.63) is 29.5 Å². The van der Waals surface area contributed by atoms with Gasteiger partial charge in [0.2, 0.25) is 5.78 Å². The van der Waals surface area contributed by atoms with Gasteiger partial charge in [0.15, 0.2) is 0 Å². The molecule has 1 aliphatic carbocycles. The molecule has 2 N–H and O–H groups in total. The number of likely N-dealkylation sites (N-methyl/N-ethyl adjacent to an activating group) is 1. The molecule has 0 amide bonds. The lowest BCUT2D eigenvalue weighted by molar-refractivity contribution is -0.898. The van der Waals surface area contributed by atoms with Crippen LogP contribution < -0.4 is 9.64 Å². The van der Waals surface area contributed by atoms with Gasteiger partial charge >= 0.3 is 0 Å². The van der Waals surface area contributed by atoms with E-state index in [1.807, 2.05) is 25.1 Å². The number of aromatic amines is 1. The molecular formula is C19H27N2O2+. The van der Waals surface area contributed by atoms with Crippen LogP contribution in [0.5, 0.6) is 5.75 Å². The van der Waals surface area contributed by atoms with Crippen LogP contribution in [0.4, 0.5) is 0 Å². The largest absolute Gasteiger partial charge is 0.497 e. The van der Waals surface area contributed by atoms with E-state index in [0.717, 1.165) is 27.9 Å². The molecule has 0 spiro atoms. The zero-order chi connectivity index (χ0) is 16.4. The number of H-pyrrole nitrogens is 1. The second-order valence-electron chi connectivity index (χ2n) is 6.82. The Labute approximate surface area is 137 Å². The van der Waals surface area contributed by atoms with Crippen LogP contribution in [0.3, 0.4) is 0 Å². The Bertz CT molecular complexity index is 699. The maximum absolute atomic E-state index is 12.9. The number of fused-ring (bicyclic) bond motifs is 1. The Kier molecular flexibility index (Phi) is 4.71. The van der Waals surface area contributed by atoms with Crippen LogP contribution in [-0.4, -0.2) is 37.5 Å². The second-order valence-corrected chi connectivity index (χ2v) is 6.82. The summed E-state index contributed by atoms with van der Waals surface area (Å²) in [6.07, 6.45) is 6.46. The molecule has 124 valence electrons. The van der Waals surface area contributed by atoms with Gasteiger partial charge in [-0.25, -0.2) is 0 Å². The SMILES string of the molecule is COc1ccc2[nH]c(C)c(C(=O)C[NH+](C)C3CCCCC3)c2c1. The molecule has 0 radical (unpaired) electrons. The lowest BCUT2D eigenvalue weighted by Crippen LogP contribution is -3.14. The number of ketones is 1. The van der Waals surface area contributed by atoms with E-state index in [2.05, 4.69) is 12.0 Å². The number of ether oxygens (including phenoxy) is 1. The Morgan fingerprint density at radius 3 is 2.74 bits per heavy atom.